The van der Waals surface area contributed by atoms with Gasteiger partial charge in [-0.1, -0.05) is 54.4 Å². The molecule has 0 saturated carbocycles. The number of hydrogen-bond acceptors (Lipinski definition) is 10. The van der Waals surface area contributed by atoms with Gasteiger partial charge in [-0.2, -0.15) is 13.2 Å². The lowest BCUT2D eigenvalue weighted by atomic mass is 9.87. The molecule has 0 radical (unpaired) electrons. The number of alkyl halides is 3. The number of ether oxygens (including phenoxy) is 4. The van der Waals surface area contributed by atoms with Crippen molar-refractivity contribution >= 4 is 62.7 Å². The number of nitrogens with zero attached hydrogens (tertiary/aromatic N) is 4. The smallest absolute Gasteiger partial charge is 0.411 e. The average Bonchev–Trinajstić information content (AvgIpc) is 3.92. The largest absolute Gasteiger partial charge is 0.493 e. The van der Waals surface area contributed by atoms with Crippen LogP contribution >= 0.6 is 23.2 Å². The highest BCUT2D eigenvalue weighted by Crippen LogP contribution is 2.39. The number of para-hydroxylation sites is 3. The van der Waals surface area contributed by atoms with E-state index in [1.807, 2.05) is 12.1 Å². The van der Waals surface area contributed by atoms with Crippen LogP contribution in [0.25, 0.3) is 22.1 Å². The molecule has 1 fully saturated rings. The molecule has 1 aliphatic rings. The number of carbonyl (C=O) groups is 3. The normalized spacial score (nSPS) is 14.7. The van der Waals surface area contributed by atoms with Gasteiger partial charge in [-0.15, -0.1) is 0 Å². The molecule has 0 aliphatic carbocycles. The number of fused-ring (bicyclic) bond motifs is 2. The summed E-state index contributed by atoms with van der Waals surface area (Å²) < 4.78 is 61.1. The fourth-order valence-corrected chi connectivity index (χ4v) is 8.83. The Balaban J connectivity index is 1.04. The van der Waals surface area contributed by atoms with Crippen molar-refractivity contribution in [1.82, 2.24) is 29.7 Å². The fourth-order valence-electron chi connectivity index (χ4n) is 8.53. The van der Waals surface area contributed by atoms with Crippen LogP contribution in [0.15, 0.2) is 72.8 Å². The third kappa shape index (κ3) is 10.7. The first-order valence-corrected chi connectivity index (χ1v) is 21.9. The zero-order valence-electron chi connectivity index (χ0n) is 36.3. The first kappa shape index (κ1) is 47.3. The first-order valence-electron chi connectivity index (χ1n) is 21.2. The molecular formula is C47H49Cl2F3N6O7. The van der Waals surface area contributed by atoms with Crippen molar-refractivity contribution in [2.75, 3.05) is 54.2 Å². The van der Waals surface area contributed by atoms with Gasteiger partial charge in [0.05, 0.1) is 60.1 Å². The number of halogens is 5. The molecule has 1 saturated heterocycles. The van der Waals surface area contributed by atoms with E-state index in [9.17, 15) is 27.6 Å². The van der Waals surface area contributed by atoms with E-state index in [0.29, 0.717) is 93.8 Å². The quantitative estimate of drug-likeness (QED) is 0.0595. The van der Waals surface area contributed by atoms with Gasteiger partial charge in [-0.25, -0.2) is 9.97 Å². The van der Waals surface area contributed by atoms with E-state index >= 15 is 0 Å². The van der Waals surface area contributed by atoms with Gasteiger partial charge in [0, 0.05) is 36.5 Å². The minimum Gasteiger partial charge on any atom is -0.493 e. The summed E-state index contributed by atoms with van der Waals surface area (Å²) in [5.41, 5.74) is 3.30. The standard InChI is InChI=1S/C47H49Cl2F3N6O7/c1-5-31(21-30(28-13-14-33(48)34(49)22-28)25-53-46(61)29-23-38(62-2)43(64-4)39(24-29)63-3)57-17-15-27(16-18-57)41(59)44-54-36-11-8-9-32(40(36)56-44)42(60)45-55-35-10-6-7-12-37(35)58(45)19-20-65-26-47(50,51)52/h6-14,22-24,27,30-31H,5,15-21,25-26H2,1-4H3,(H,53,61)(H,54,56). The number of aromatic amines is 1. The third-order valence-electron chi connectivity index (χ3n) is 11.9. The molecule has 1 amide bonds. The number of H-pyrrole nitrogens is 1. The highest BCUT2D eigenvalue weighted by atomic mass is 35.5. The van der Waals surface area contributed by atoms with Crippen LogP contribution in [0, 0.1) is 5.92 Å². The molecule has 0 spiro atoms. The van der Waals surface area contributed by atoms with Crippen LogP contribution in [0.1, 0.15) is 81.2 Å². The lowest BCUT2D eigenvalue weighted by Crippen LogP contribution is -2.44. The Morgan fingerprint density at radius 2 is 1.63 bits per heavy atom. The van der Waals surface area contributed by atoms with Crippen molar-refractivity contribution in [3.63, 3.8) is 0 Å². The zero-order valence-corrected chi connectivity index (χ0v) is 37.8. The van der Waals surface area contributed by atoms with Gasteiger partial charge in [-0.3, -0.25) is 14.4 Å². The Labute approximate surface area is 383 Å². The summed E-state index contributed by atoms with van der Waals surface area (Å²) >= 11 is 12.8. The Morgan fingerprint density at radius 3 is 2.29 bits per heavy atom. The Bertz CT molecular complexity index is 2660. The molecular weight excluding hydrogens is 888 g/mol. The summed E-state index contributed by atoms with van der Waals surface area (Å²) in [4.78, 5) is 56.5. The van der Waals surface area contributed by atoms with Gasteiger partial charge < -0.3 is 38.7 Å². The van der Waals surface area contributed by atoms with Gasteiger partial charge in [-0.05, 0) is 92.9 Å². The maximum atomic E-state index is 14.2. The third-order valence-corrected chi connectivity index (χ3v) is 12.6. The van der Waals surface area contributed by atoms with Gasteiger partial charge in [0.25, 0.3) is 5.91 Å². The molecule has 13 nitrogen and oxygen atoms in total. The summed E-state index contributed by atoms with van der Waals surface area (Å²) in [6.45, 7) is 1.96. The Kier molecular flexibility index (Phi) is 15.0. The fraction of sp³-hybridized carbons (Fsp3) is 0.383. The maximum absolute atomic E-state index is 14.2. The first-order chi connectivity index (χ1) is 31.2. The number of amides is 1. The number of benzene rings is 4. The number of Topliss-reactive ketones (excluding diaryl/α,β-unsaturated/α-hetero) is 1. The Morgan fingerprint density at radius 1 is 0.908 bits per heavy atom. The number of hydrogen-bond donors (Lipinski definition) is 2. The van der Waals surface area contributed by atoms with E-state index in [-0.39, 0.29) is 59.9 Å². The summed E-state index contributed by atoms with van der Waals surface area (Å²) in [6.07, 6.45) is -1.84. The molecule has 2 unspecified atom stereocenters. The number of imidazole rings is 2. The Hall–Kier alpha value is -5.68. The van der Waals surface area contributed by atoms with Crippen LogP contribution in [0.4, 0.5) is 13.2 Å². The number of piperidine rings is 1. The van der Waals surface area contributed by atoms with Gasteiger partial charge >= 0.3 is 6.18 Å². The predicted molar refractivity (Wildman–Crippen MR) is 241 cm³/mol. The number of nitrogens with one attached hydrogen (secondary N) is 2. The summed E-state index contributed by atoms with van der Waals surface area (Å²) in [5, 5.41) is 3.93. The van der Waals surface area contributed by atoms with E-state index in [4.69, 9.17) is 42.1 Å². The van der Waals surface area contributed by atoms with Gasteiger partial charge in [0.1, 0.15) is 12.1 Å². The van der Waals surface area contributed by atoms with E-state index in [1.165, 1.54) is 21.3 Å². The van der Waals surface area contributed by atoms with Crippen LogP contribution < -0.4 is 19.5 Å². The van der Waals surface area contributed by atoms with Crippen LogP contribution in [-0.4, -0.2) is 108 Å². The second-order valence-electron chi connectivity index (χ2n) is 15.8. The number of rotatable bonds is 19. The molecule has 344 valence electrons. The van der Waals surface area contributed by atoms with Crippen molar-refractivity contribution in [2.24, 2.45) is 5.92 Å². The van der Waals surface area contributed by atoms with Crippen LogP contribution in [0.2, 0.25) is 10.0 Å². The molecule has 2 aromatic heterocycles. The number of likely N-dealkylation sites (tertiary alicyclic amines) is 1. The van der Waals surface area contributed by atoms with Gasteiger partial charge in [0.15, 0.2) is 23.1 Å². The molecule has 3 heterocycles. The van der Waals surface area contributed by atoms with Crippen molar-refractivity contribution in [3.8, 4) is 17.2 Å². The minimum atomic E-state index is -4.49. The number of carbonyl (C=O) groups excluding carboxylic acids is 3. The van der Waals surface area contributed by atoms with Crippen molar-refractivity contribution in [2.45, 2.75) is 57.3 Å². The number of ketones is 2. The average molecular weight is 938 g/mol. The lowest BCUT2D eigenvalue weighted by molar-refractivity contribution is -0.174. The number of aromatic nitrogens is 4. The second-order valence-corrected chi connectivity index (χ2v) is 16.6. The predicted octanol–water partition coefficient (Wildman–Crippen LogP) is 9.33. The molecule has 7 rings (SSSR count). The maximum Gasteiger partial charge on any atom is 0.411 e. The van der Waals surface area contributed by atoms with Gasteiger partial charge in [0.2, 0.25) is 17.3 Å². The van der Waals surface area contributed by atoms with Crippen LogP contribution in [-0.2, 0) is 11.3 Å². The molecule has 18 heteroatoms. The highest BCUT2D eigenvalue weighted by molar-refractivity contribution is 6.42. The molecule has 2 N–H and O–H groups in total. The van der Waals surface area contributed by atoms with E-state index in [1.54, 1.807) is 65.2 Å². The van der Waals surface area contributed by atoms with Crippen LogP contribution in [0.3, 0.4) is 0 Å². The van der Waals surface area contributed by atoms with E-state index in [0.717, 1.165) is 12.0 Å². The summed E-state index contributed by atoms with van der Waals surface area (Å²) in [7, 11) is 4.47. The lowest BCUT2D eigenvalue weighted by Gasteiger charge is -2.38. The molecule has 1 aliphatic heterocycles. The molecule has 65 heavy (non-hydrogen) atoms. The van der Waals surface area contributed by atoms with E-state index < -0.39 is 18.6 Å². The molecule has 0 bridgehead atoms. The van der Waals surface area contributed by atoms with Crippen molar-refractivity contribution in [3.05, 3.63) is 111 Å². The molecule has 6 aromatic rings. The molecule has 2 atom stereocenters. The minimum absolute atomic E-state index is 0.0189. The zero-order chi connectivity index (χ0) is 46.4. The monoisotopic (exact) mass is 936 g/mol. The summed E-state index contributed by atoms with van der Waals surface area (Å²) in [5.74, 6) is -0.197. The second kappa shape index (κ2) is 20.7. The van der Waals surface area contributed by atoms with Crippen molar-refractivity contribution < 1.29 is 46.5 Å². The van der Waals surface area contributed by atoms with E-state index in [2.05, 4.69) is 32.1 Å². The summed E-state index contributed by atoms with van der Waals surface area (Å²) in [6, 6.07) is 20.8. The van der Waals surface area contributed by atoms with Crippen LogP contribution in [0.5, 0.6) is 17.2 Å². The number of methoxy groups -OCH3 is 3. The SMILES string of the molecule is CCC(CC(CNC(=O)c1cc(OC)c(OC)c(OC)c1)c1ccc(Cl)c(Cl)c1)N1CCC(C(=O)c2nc3c(C(=O)c4nc5ccccc5n4CCOCC(F)(F)F)cccc3[nH]2)CC1. The topological polar surface area (TPSA) is 150 Å². The highest BCUT2D eigenvalue weighted by Gasteiger charge is 2.33. The van der Waals surface area contributed by atoms with Crippen molar-refractivity contribution in [1.29, 1.82) is 0 Å². The molecule has 4 aromatic carbocycles.